The first-order valence-corrected chi connectivity index (χ1v) is 13.7. The molecule has 0 aliphatic carbocycles. The van der Waals surface area contributed by atoms with Crippen molar-refractivity contribution in [1.82, 2.24) is 10.2 Å². The molecule has 0 bridgehead atoms. The van der Waals surface area contributed by atoms with Gasteiger partial charge in [-0.1, -0.05) is 49.4 Å². The number of carbonyl (C=O) groups is 2. The Morgan fingerprint density at radius 2 is 1.66 bits per heavy atom. The summed E-state index contributed by atoms with van der Waals surface area (Å²) in [6.07, 6.45) is 1.98. The second kappa shape index (κ2) is 13.1. The number of hydrogen-bond acceptors (Lipinski definition) is 5. The van der Waals surface area contributed by atoms with Gasteiger partial charge in [-0.25, -0.2) is 8.42 Å². The van der Waals surface area contributed by atoms with Crippen molar-refractivity contribution >= 4 is 27.5 Å². The molecule has 0 saturated carbocycles. The lowest BCUT2D eigenvalue weighted by Gasteiger charge is -2.31. The molecule has 0 unspecified atom stereocenters. The summed E-state index contributed by atoms with van der Waals surface area (Å²) in [4.78, 5) is 27.9. The number of nitrogens with one attached hydrogen (secondary N) is 1. The van der Waals surface area contributed by atoms with Crippen molar-refractivity contribution < 1.29 is 22.7 Å². The maximum absolute atomic E-state index is 13.4. The number of benzene rings is 2. The van der Waals surface area contributed by atoms with Crippen LogP contribution in [-0.2, 0) is 26.2 Å². The maximum atomic E-state index is 13.4. The smallest absolute Gasteiger partial charge is 0.243 e. The summed E-state index contributed by atoms with van der Waals surface area (Å²) in [7, 11) is -2.12. The molecule has 0 spiro atoms. The Morgan fingerprint density at radius 3 is 2.23 bits per heavy atom. The van der Waals surface area contributed by atoms with E-state index in [9.17, 15) is 18.0 Å². The number of methoxy groups -OCH3 is 1. The molecular weight excluding hydrogens is 466 g/mol. The summed E-state index contributed by atoms with van der Waals surface area (Å²) in [5, 5.41) is 2.91. The van der Waals surface area contributed by atoms with E-state index in [1.165, 1.54) is 11.4 Å². The summed E-state index contributed by atoms with van der Waals surface area (Å²) in [5.41, 5.74) is 1.34. The van der Waals surface area contributed by atoms with Gasteiger partial charge < -0.3 is 15.0 Å². The highest BCUT2D eigenvalue weighted by Crippen LogP contribution is 2.29. The van der Waals surface area contributed by atoms with Gasteiger partial charge in [0.05, 0.1) is 19.1 Å². The summed E-state index contributed by atoms with van der Waals surface area (Å²) in [6.45, 7) is 6.05. The monoisotopic (exact) mass is 503 g/mol. The standard InChI is InChI=1S/C26H37N3O5S/c1-6-22(26(31)27-20(2)3)28(19-21-13-8-7-9-14-21)25(30)17-12-18-29(35(5,32)33)23-15-10-11-16-24(23)34-4/h7-11,13-16,20,22H,6,12,17-19H2,1-5H3,(H,27,31)/t22-/m0/s1. The van der Waals surface area contributed by atoms with Crippen molar-refractivity contribution in [2.45, 2.75) is 58.7 Å². The summed E-state index contributed by atoms with van der Waals surface area (Å²) >= 11 is 0. The number of para-hydroxylation sites is 2. The van der Waals surface area contributed by atoms with E-state index < -0.39 is 16.1 Å². The Hall–Kier alpha value is -3.07. The zero-order valence-corrected chi connectivity index (χ0v) is 22.0. The van der Waals surface area contributed by atoms with Crippen LogP contribution in [0.15, 0.2) is 54.6 Å². The minimum Gasteiger partial charge on any atom is -0.495 e. The second-order valence-corrected chi connectivity index (χ2v) is 10.6. The lowest BCUT2D eigenvalue weighted by Crippen LogP contribution is -2.50. The normalized spacial score (nSPS) is 12.2. The molecule has 192 valence electrons. The molecule has 0 fully saturated rings. The first-order chi connectivity index (χ1) is 16.6. The minimum absolute atomic E-state index is 0.0469. The van der Waals surface area contributed by atoms with Gasteiger partial charge >= 0.3 is 0 Å². The Kier molecular flexibility index (Phi) is 10.6. The number of anilines is 1. The average Bonchev–Trinajstić information content (AvgIpc) is 2.81. The third kappa shape index (κ3) is 8.28. The van der Waals surface area contributed by atoms with E-state index in [2.05, 4.69) is 5.32 Å². The van der Waals surface area contributed by atoms with Crippen molar-refractivity contribution in [3.8, 4) is 5.75 Å². The Labute approximate surface area is 209 Å². The second-order valence-electron chi connectivity index (χ2n) is 8.71. The molecule has 0 aromatic heterocycles. The van der Waals surface area contributed by atoms with E-state index in [1.807, 2.05) is 51.1 Å². The van der Waals surface area contributed by atoms with E-state index in [4.69, 9.17) is 4.74 Å². The first kappa shape index (κ1) is 28.2. The van der Waals surface area contributed by atoms with Gasteiger partial charge in [0.1, 0.15) is 11.8 Å². The predicted molar refractivity (Wildman–Crippen MR) is 139 cm³/mol. The van der Waals surface area contributed by atoms with Crippen LogP contribution in [-0.4, -0.2) is 57.1 Å². The molecule has 1 N–H and O–H groups in total. The highest BCUT2D eigenvalue weighted by atomic mass is 32.2. The molecule has 2 aromatic carbocycles. The Balaban J connectivity index is 2.22. The molecule has 0 heterocycles. The van der Waals surface area contributed by atoms with Gasteiger partial charge in [0, 0.05) is 25.6 Å². The Bertz CT molecular complexity index is 1070. The van der Waals surface area contributed by atoms with Crippen molar-refractivity contribution in [1.29, 1.82) is 0 Å². The fraction of sp³-hybridized carbons (Fsp3) is 0.462. The van der Waals surface area contributed by atoms with Gasteiger partial charge in [-0.3, -0.25) is 13.9 Å². The molecule has 9 heteroatoms. The predicted octanol–water partition coefficient (Wildman–Crippen LogP) is 3.57. The van der Waals surface area contributed by atoms with Gasteiger partial charge in [-0.2, -0.15) is 0 Å². The number of ether oxygens (including phenoxy) is 1. The van der Waals surface area contributed by atoms with Crippen molar-refractivity contribution in [3.05, 3.63) is 60.2 Å². The fourth-order valence-electron chi connectivity index (χ4n) is 3.90. The molecule has 2 amide bonds. The number of rotatable bonds is 13. The van der Waals surface area contributed by atoms with Crippen molar-refractivity contribution in [2.75, 3.05) is 24.2 Å². The van der Waals surface area contributed by atoms with Gasteiger partial charge in [-0.05, 0) is 44.4 Å². The van der Waals surface area contributed by atoms with E-state index in [0.29, 0.717) is 24.4 Å². The highest BCUT2D eigenvalue weighted by Gasteiger charge is 2.29. The fourth-order valence-corrected chi connectivity index (χ4v) is 4.87. The molecule has 8 nitrogen and oxygen atoms in total. The van der Waals surface area contributed by atoms with Crippen LogP contribution >= 0.6 is 0 Å². The van der Waals surface area contributed by atoms with E-state index in [-0.39, 0.29) is 37.2 Å². The van der Waals surface area contributed by atoms with Gasteiger partial charge in [0.15, 0.2) is 0 Å². The summed E-state index contributed by atoms with van der Waals surface area (Å²) < 4.78 is 31.6. The molecule has 0 aliphatic rings. The zero-order valence-electron chi connectivity index (χ0n) is 21.2. The topological polar surface area (TPSA) is 96.0 Å². The van der Waals surface area contributed by atoms with Gasteiger partial charge in [0.2, 0.25) is 21.8 Å². The summed E-state index contributed by atoms with van der Waals surface area (Å²) in [5.74, 6) is 0.0398. The highest BCUT2D eigenvalue weighted by molar-refractivity contribution is 7.92. The molecule has 1 atom stereocenters. The molecule has 2 aromatic rings. The minimum atomic E-state index is -3.60. The van der Waals surface area contributed by atoms with Crippen LogP contribution in [0.2, 0.25) is 0 Å². The number of amides is 2. The lowest BCUT2D eigenvalue weighted by atomic mass is 10.1. The number of carbonyl (C=O) groups excluding carboxylic acids is 2. The molecule has 2 rings (SSSR count). The maximum Gasteiger partial charge on any atom is 0.243 e. The van der Waals surface area contributed by atoms with Gasteiger partial charge in [-0.15, -0.1) is 0 Å². The van der Waals surface area contributed by atoms with Crippen LogP contribution in [0.25, 0.3) is 0 Å². The van der Waals surface area contributed by atoms with Crippen molar-refractivity contribution in [2.24, 2.45) is 0 Å². The van der Waals surface area contributed by atoms with Crippen LogP contribution in [0.3, 0.4) is 0 Å². The summed E-state index contributed by atoms with van der Waals surface area (Å²) in [6, 6.07) is 15.7. The van der Waals surface area contributed by atoms with Crippen LogP contribution in [0, 0.1) is 0 Å². The van der Waals surface area contributed by atoms with E-state index in [0.717, 1.165) is 11.8 Å². The van der Waals surface area contributed by atoms with Crippen molar-refractivity contribution in [3.63, 3.8) is 0 Å². The van der Waals surface area contributed by atoms with E-state index in [1.54, 1.807) is 29.2 Å². The van der Waals surface area contributed by atoms with Gasteiger partial charge in [0.25, 0.3) is 0 Å². The largest absolute Gasteiger partial charge is 0.495 e. The van der Waals surface area contributed by atoms with E-state index >= 15 is 0 Å². The number of hydrogen-bond donors (Lipinski definition) is 1. The lowest BCUT2D eigenvalue weighted by molar-refractivity contribution is -0.141. The third-order valence-electron chi connectivity index (χ3n) is 5.52. The van der Waals surface area contributed by atoms with Crippen LogP contribution in [0.4, 0.5) is 5.69 Å². The van der Waals surface area contributed by atoms with Crippen LogP contribution < -0.4 is 14.4 Å². The molecule has 0 radical (unpaired) electrons. The number of nitrogens with zero attached hydrogens (tertiary/aromatic N) is 2. The van der Waals surface area contributed by atoms with Crippen LogP contribution in [0.1, 0.15) is 45.6 Å². The zero-order chi connectivity index (χ0) is 26.0. The average molecular weight is 504 g/mol. The molecular formula is C26H37N3O5S. The molecule has 0 saturated heterocycles. The quantitative estimate of drug-likeness (QED) is 0.451. The Morgan fingerprint density at radius 1 is 1.03 bits per heavy atom. The van der Waals surface area contributed by atoms with Crippen LogP contribution in [0.5, 0.6) is 5.75 Å². The number of sulfonamides is 1. The first-order valence-electron chi connectivity index (χ1n) is 11.8. The SMILES string of the molecule is CC[C@@H](C(=O)NC(C)C)N(Cc1ccccc1)C(=O)CCCN(c1ccccc1OC)S(C)(=O)=O. The molecule has 0 aliphatic heterocycles. The molecule has 35 heavy (non-hydrogen) atoms. The third-order valence-corrected chi connectivity index (χ3v) is 6.70.